The molecular weight excluding hydrogens is 385 g/mol. The number of nitrogens with two attached hydrogens (primary N) is 2. The molecule has 7 atom stereocenters. The number of quaternary nitrogens is 2. The zero-order chi connectivity index (χ0) is 15.6. The van der Waals surface area contributed by atoms with Gasteiger partial charge in [-0.25, -0.2) is 0 Å². The molecule has 2 bridgehead atoms. The quantitative estimate of drug-likeness (QED) is 0.146. The number of hydrogen-bond donors (Lipinski definition) is 4. The van der Waals surface area contributed by atoms with Gasteiger partial charge in [-0.15, -0.1) is 15.9 Å². The molecule has 124 valence electrons. The summed E-state index contributed by atoms with van der Waals surface area (Å²) in [6, 6.07) is 0. The van der Waals surface area contributed by atoms with Gasteiger partial charge in [-0.2, -0.15) is 0 Å². The molecule has 0 radical (unpaired) electrons. The fourth-order valence-corrected chi connectivity index (χ4v) is 4.98. The van der Waals surface area contributed by atoms with E-state index in [0.717, 1.165) is 31.6 Å². The fourth-order valence-electron chi connectivity index (χ4n) is 4.54. The molecule has 2 saturated carbocycles. The zero-order valence-electron chi connectivity index (χ0n) is 12.6. The minimum Gasteiger partial charge on any atom is -0.548 e. The van der Waals surface area contributed by atoms with Gasteiger partial charge in [-0.05, 0) is 47.9 Å². The molecule has 0 aromatic heterocycles. The number of hydrogen-bond acceptors (Lipinski definition) is 4. The Morgan fingerprint density at radius 1 is 1.43 bits per heavy atom. The van der Waals surface area contributed by atoms with Crippen LogP contribution in [-0.2, 0) is 4.84 Å². The van der Waals surface area contributed by atoms with Crippen LogP contribution in [0.4, 0.5) is 0 Å². The second kappa shape index (κ2) is 7.35. The molecule has 0 amide bonds. The highest BCUT2D eigenvalue weighted by atomic mass is 127. The zero-order valence-corrected chi connectivity index (χ0v) is 14.8. The molecule has 0 spiro atoms. The van der Waals surface area contributed by atoms with Crippen LogP contribution in [-0.4, -0.2) is 10.2 Å². The second-order valence-electron chi connectivity index (χ2n) is 6.51. The van der Waals surface area contributed by atoms with E-state index in [-0.39, 0.29) is 5.92 Å². The van der Waals surface area contributed by atoms with Crippen LogP contribution in [0.2, 0.25) is 0 Å². The van der Waals surface area contributed by atoms with Crippen molar-refractivity contribution in [3.8, 4) is 0 Å². The Balaban J connectivity index is 2.06. The summed E-state index contributed by atoms with van der Waals surface area (Å²) in [7, 11) is 0. The highest BCUT2D eigenvalue weighted by molar-refractivity contribution is 14.1. The molecule has 2 aliphatic carbocycles. The van der Waals surface area contributed by atoms with Gasteiger partial charge in [-0.1, -0.05) is 47.7 Å². The van der Waals surface area contributed by atoms with Crippen LogP contribution in [0.3, 0.4) is 0 Å². The van der Waals surface area contributed by atoms with Gasteiger partial charge < -0.3 is 11.0 Å². The predicted molar refractivity (Wildman–Crippen MR) is 88.0 cm³/mol. The Bertz CT molecular complexity index is 349. The molecule has 0 aliphatic heterocycles. The van der Waals surface area contributed by atoms with E-state index in [2.05, 4.69) is 29.5 Å². The van der Waals surface area contributed by atoms with Gasteiger partial charge in [0.15, 0.2) is 5.72 Å². The number of alkyl halides is 1. The molecule has 0 aromatic rings. The summed E-state index contributed by atoms with van der Waals surface area (Å²) in [6.07, 6.45) is 6.56. The Hall–Kier alpha value is 0.450. The standard InChI is InChI=1S/C13H28IN5O2/c1-2-4-11-10(5-3-6-14)9-7-12(11)13(15,8-9)21-19(20)18(16)17/h9-12,16,18-19H,2-8,15,17H2,1H3. The number of nitrogens with one attached hydrogen (secondary N) is 3. The molecule has 0 heterocycles. The lowest BCUT2D eigenvalue weighted by atomic mass is 9.71. The van der Waals surface area contributed by atoms with Gasteiger partial charge in [0.2, 0.25) is 0 Å². The maximum absolute atomic E-state index is 11.6. The van der Waals surface area contributed by atoms with Crippen LogP contribution in [0.5, 0.6) is 0 Å². The lowest BCUT2D eigenvalue weighted by molar-refractivity contribution is -1.55. The van der Waals surface area contributed by atoms with Gasteiger partial charge >= 0.3 is 0 Å². The number of halogens is 1. The molecule has 0 aromatic carbocycles. The lowest BCUT2D eigenvalue weighted by Crippen LogP contribution is -3.58. The molecular formula is C13H28IN5O2. The minimum atomic E-state index is -0.909. The molecule has 2 rings (SSSR count). The van der Waals surface area contributed by atoms with Crippen molar-refractivity contribution in [2.75, 3.05) is 4.43 Å². The Morgan fingerprint density at radius 3 is 2.71 bits per heavy atom. The van der Waals surface area contributed by atoms with Gasteiger partial charge in [0, 0.05) is 5.92 Å². The lowest BCUT2D eigenvalue weighted by Gasteiger charge is -2.42. The highest BCUT2D eigenvalue weighted by Gasteiger charge is 2.60. The van der Waals surface area contributed by atoms with Crippen molar-refractivity contribution in [2.45, 2.75) is 51.2 Å². The van der Waals surface area contributed by atoms with Gasteiger partial charge in [0.1, 0.15) is 0 Å². The van der Waals surface area contributed by atoms with Crippen molar-refractivity contribution in [2.24, 2.45) is 35.2 Å². The van der Waals surface area contributed by atoms with Gasteiger partial charge in [0.25, 0.3) is 0 Å². The molecule has 7 unspecified atom stereocenters. The van der Waals surface area contributed by atoms with Crippen LogP contribution in [0.25, 0.3) is 5.84 Å². The van der Waals surface area contributed by atoms with Crippen molar-refractivity contribution in [1.29, 1.82) is 0 Å². The van der Waals surface area contributed by atoms with Crippen LogP contribution in [0.15, 0.2) is 0 Å². The topological polar surface area (TPSA) is 117 Å². The first-order valence-corrected chi connectivity index (χ1v) is 9.37. The fraction of sp³-hybridized carbons (Fsp3) is 1.00. The summed E-state index contributed by atoms with van der Waals surface area (Å²) in [5.74, 6) is 14.4. The third kappa shape index (κ3) is 3.69. The highest BCUT2D eigenvalue weighted by Crippen LogP contribution is 2.58. The first-order chi connectivity index (χ1) is 9.92. The third-order valence-electron chi connectivity index (χ3n) is 5.23. The van der Waals surface area contributed by atoms with Crippen LogP contribution in [0, 0.1) is 28.9 Å². The van der Waals surface area contributed by atoms with Crippen molar-refractivity contribution >= 4 is 22.6 Å². The van der Waals surface area contributed by atoms with Crippen LogP contribution in [0.1, 0.15) is 45.4 Å². The maximum atomic E-state index is 11.6. The normalized spacial score (nSPS) is 41.4. The summed E-state index contributed by atoms with van der Waals surface area (Å²) >= 11 is 2.43. The Morgan fingerprint density at radius 2 is 2.14 bits per heavy atom. The molecule has 2 fully saturated rings. The average molecular weight is 413 g/mol. The number of fused-ring (bicyclic) bond motifs is 2. The van der Waals surface area contributed by atoms with E-state index in [1.54, 1.807) is 0 Å². The number of rotatable bonds is 8. The first-order valence-electron chi connectivity index (χ1n) is 7.85. The summed E-state index contributed by atoms with van der Waals surface area (Å²) in [4.78, 5) is 5.41. The van der Waals surface area contributed by atoms with Gasteiger partial charge in [0.05, 0.1) is 0 Å². The molecule has 8 heteroatoms. The summed E-state index contributed by atoms with van der Waals surface area (Å²) in [5.41, 5.74) is 5.49. The summed E-state index contributed by atoms with van der Waals surface area (Å²) in [5, 5.41) is 10.3. The predicted octanol–water partition coefficient (Wildman–Crippen LogP) is -0.116. The molecule has 0 saturated heterocycles. The van der Waals surface area contributed by atoms with E-state index in [1.807, 2.05) is 0 Å². The third-order valence-corrected chi connectivity index (χ3v) is 6.00. The van der Waals surface area contributed by atoms with E-state index in [4.69, 9.17) is 22.3 Å². The minimum absolute atomic E-state index is 0.227. The van der Waals surface area contributed by atoms with Crippen LogP contribution < -0.4 is 22.1 Å². The second-order valence-corrected chi connectivity index (χ2v) is 7.59. The molecule has 7 N–H and O–H groups in total. The van der Waals surface area contributed by atoms with E-state index in [0.29, 0.717) is 11.8 Å². The van der Waals surface area contributed by atoms with Crippen molar-refractivity contribution < 1.29 is 15.4 Å². The summed E-state index contributed by atoms with van der Waals surface area (Å²) in [6.45, 7) is 2.20. The van der Waals surface area contributed by atoms with Gasteiger partial charge in [-0.3, -0.25) is 5.73 Å². The summed E-state index contributed by atoms with van der Waals surface area (Å²) < 4.78 is 1.19. The van der Waals surface area contributed by atoms with E-state index < -0.39 is 16.3 Å². The van der Waals surface area contributed by atoms with Crippen molar-refractivity contribution in [3.63, 3.8) is 0 Å². The molecule has 7 nitrogen and oxygen atoms in total. The SMILES string of the molecule is CCCC1C(CCCI)C2CC1C(N)(O[NH+]([O-])[NH+]([NH-])N)C2. The Labute approximate surface area is 140 Å². The monoisotopic (exact) mass is 413 g/mol. The molecule has 21 heavy (non-hydrogen) atoms. The smallest absolute Gasteiger partial charge is 0.186 e. The largest absolute Gasteiger partial charge is 0.548 e. The molecule has 2 aliphatic rings. The first kappa shape index (κ1) is 17.8. The van der Waals surface area contributed by atoms with Crippen LogP contribution >= 0.6 is 22.6 Å². The average Bonchev–Trinajstić information content (AvgIpc) is 2.91. The van der Waals surface area contributed by atoms with Crippen molar-refractivity contribution in [1.82, 2.24) is 0 Å². The maximum Gasteiger partial charge on any atom is 0.186 e. The van der Waals surface area contributed by atoms with E-state index in [9.17, 15) is 5.21 Å². The van der Waals surface area contributed by atoms with E-state index in [1.165, 1.54) is 17.3 Å². The van der Waals surface area contributed by atoms with E-state index >= 15 is 0 Å². The Kier molecular flexibility index (Phi) is 6.23. The van der Waals surface area contributed by atoms with Crippen molar-refractivity contribution in [3.05, 3.63) is 11.0 Å².